The Morgan fingerprint density at radius 3 is 2.04 bits per heavy atom. The van der Waals surface area contributed by atoms with E-state index in [-0.39, 0.29) is 0 Å². The lowest BCUT2D eigenvalue weighted by atomic mass is 9.85. The van der Waals surface area contributed by atoms with E-state index < -0.39 is 0 Å². The highest BCUT2D eigenvalue weighted by atomic mass is 32.2. The molecule has 7 rings (SSSR count). The van der Waals surface area contributed by atoms with E-state index in [0.717, 1.165) is 58.9 Å². The van der Waals surface area contributed by atoms with Gasteiger partial charge in [0.15, 0.2) is 0 Å². The molecule has 3 heterocycles. The van der Waals surface area contributed by atoms with Crippen LogP contribution in [0.25, 0.3) is 33.2 Å². The summed E-state index contributed by atoms with van der Waals surface area (Å²) < 4.78 is 6.36. The molecule has 0 saturated heterocycles. The average Bonchev–Trinajstić information content (AvgIpc) is 3.88. The van der Waals surface area contributed by atoms with Crippen molar-refractivity contribution in [1.82, 2.24) is 19.9 Å². The monoisotopic (exact) mass is 664 g/mol. The summed E-state index contributed by atoms with van der Waals surface area (Å²) in [5.74, 6) is 0.813. The highest BCUT2D eigenvalue weighted by Crippen LogP contribution is 2.50. The van der Waals surface area contributed by atoms with Gasteiger partial charge in [-0.05, 0) is 72.2 Å². The summed E-state index contributed by atoms with van der Waals surface area (Å²) >= 11 is 3.48. The number of H-pyrrole nitrogens is 1. The van der Waals surface area contributed by atoms with Gasteiger partial charge in [-0.3, -0.25) is 4.98 Å². The van der Waals surface area contributed by atoms with Gasteiger partial charge in [0, 0.05) is 56.6 Å². The van der Waals surface area contributed by atoms with Gasteiger partial charge >= 0.3 is 0 Å². The van der Waals surface area contributed by atoms with E-state index in [1.54, 1.807) is 11.3 Å². The highest BCUT2D eigenvalue weighted by Gasteiger charge is 2.29. The van der Waals surface area contributed by atoms with Crippen LogP contribution >= 0.6 is 23.1 Å². The normalized spacial score (nSPS) is 11.2. The Labute approximate surface area is 290 Å². The Bertz CT molecular complexity index is 2000. The van der Waals surface area contributed by atoms with Gasteiger partial charge in [-0.2, -0.15) is 0 Å². The molecular weight excluding hydrogens is 629 g/mol. The summed E-state index contributed by atoms with van der Waals surface area (Å²) in [6, 6.07) is 38.0. The number of ether oxygens (including phenoxy) is 1. The second-order valence-electron chi connectivity index (χ2n) is 11.4. The number of hydrogen-bond acceptors (Lipinski definition) is 6. The van der Waals surface area contributed by atoms with E-state index in [9.17, 15) is 0 Å². The number of imidazole rings is 1. The maximum absolute atomic E-state index is 6.36. The first-order chi connectivity index (χ1) is 23.8. The maximum Gasteiger partial charge on any atom is 0.138 e. The van der Waals surface area contributed by atoms with Crippen LogP contribution in [-0.2, 0) is 30.6 Å². The van der Waals surface area contributed by atoms with Gasteiger partial charge < -0.3 is 9.72 Å². The van der Waals surface area contributed by atoms with Crippen LogP contribution in [0.5, 0.6) is 0 Å². The second kappa shape index (κ2) is 15.8. The van der Waals surface area contributed by atoms with Crippen molar-refractivity contribution in [1.29, 1.82) is 0 Å². The van der Waals surface area contributed by atoms with Crippen LogP contribution in [0.2, 0.25) is 0 Å². The van der Waals surface area contributed by atoms with E-state index in [1.165, 1.54) is 32.0 Å². The largest absolute Gasteiger partial charge is 0.376 e. The third-order valence-electron chi connectivity index (χ3n) is 8.26. The molecule has 1 N–H and O–H groups in total. The molecule has 0 atom stereocenters. The van der Waals surface area contributed by atoms with E-state index >= 15 is 0 Å². The Morgan fingerprint density at radius 1 is 0.625 bits per heavy atom. The van der Waals surface area contributed by atoms with Crippen molar-refractivity contribution in [2.75, 3.05) is 6.61 Å². The molecule has 0 spiro atoms. The predicted octanol–water partition coefficient (Wildman–Crippen LogP) is 10.3. The molecule has 3 aromatic heterocycles. The molecule has 0 amide bonds. The summed E-state index contributed by atoms with van der Waals surface area (Å²) in [7, 11) is 0. The number of nitrogens with one attached hydrogen (secondary N) is 1. The topological polar surface area (TPSA) is 63.7 Å². The van der Waals surface area contributed by atoms with Crippen molar-refractivity contribution in [2.24, 2.45) is 0 Å². The van der Waals surface area contributed by atoms with Crippen molar-refractivity contribution in [3.63, 3.8) is 0 Å². The summed E-state index contributed by atoms with van der Waals surface area (Å²) in [5, 5.41) is 3.01. The van der Waals surface area contributed by atoms with Gasteiger partial charge in [0.05, 0.1) is 18.9 Å². The van der Waals surface area contributed by atoms with Gasteiger partial charge in [-0.1, -0.05) is 96.7 Å². The fraction of sp³-hybridized carbons (Fsp3) is 0.146. The summed E-state index contributed by atoms with van der Waals surface area (Å²) in [6.45, 7) is 1.13. The van der Waals surface area contributed by atoms with Crippen molar-refractivity contribution in [3.05, 3.63) is 162 Å². The molecule has 7 aromatic rings. The fourth-order valence-corrected chi connectivity index (χ4v) is 8.01. The zero-order valence-electron chi connectivity index (χ0n) is 26.6. The molecular formula is C41H36N4OS2. The first-order valence-electron chi connectivity index (χ1n) is 16.3. The van der Waals surface area contributed by atoms with Crippen LogP contribution in [0.3, 0.4) is 0 Å². The van der Waals surface area contributed by atoms with Crippen molar-refractivity contribution in [2.45, 2.75) is 42.1 Å². The highest BCUT2D eigenvalue weighted by molar-refractivity contribution is 7.99. The summed E-state index contributed by atoms with van der Waals surface area (Å²) in [4.78, 5) is 20.6. The minimum Gasteiger partial charge on any atom is -0.376 e. The van der Waals surface area contributed by atoms with Crippen molar-refractivity contribution >= 4 is 23.1 Å². The number of rotatable bonds is 14. The number of nitrogens with zero attached hydrogens (tertiary/aromatic N) is 3. The summed E-state index contributed by atoms with van der Waals surface area (Å²) in [5.41, 5.74) is 9.19. The smallest absolute Gasteiger partial charge is 0.138 e. The number of hydrogen-bond donors (Lipinski definition) is 1. The van der Waals surface area contributed by atoms with Crippen LogP contribution < -0.4 is 0 Å². The molecule has 0 aliphatic carbocycles. The van der Waals surface area contributed by atoms with Crippen LogP contribution in [-0.4, -0.2) is 26.5 Å². The second-order valence-corrected chi connectivity index (χ2v) is 13.4. The number of thiazole rings is 1. The van der Waals surface area contributed by atoms with E-state index in [2.05, 4.69) is 107 Å². The third kappa shape index (κ3) is 7.50. The predicted molar refractivity (Wildman–Crippen MR) is 197 cm³/mol. The van der Waals surface area contributed by atoms with E-state index in [0.29, 0.717) is 13.2 Å². The van der Waals surface area contributed by atoms with Crippen LogP contribution in [0.15, 0.2) is 149 Å². The van der Waals surface area contributed by atoms with Gasteiger partial charge in [0.2, 0.25) is 0 Å². The number of aryl methyl sites for hydroxylation is 1. The van der Waals surface area contributed by atoms with Gasteiger partial charge in [0.25, 0.3) is 0 Å². The number of pyridine rings is 1. The summed E-state index contributed by atoms with van der Waals surface area (Å²) in [6.07, 6.45) is 11.1. The van der Waals surface area contributed by atoms with E-state index in [4.69, 9.17) is 19.7 Å². The minimum atomic E-state index is 0.565. The average molecular weight is 665 g/mol. The molecule has 0 radical (unpaired) electrons. The minimum absolute atomic E-state index is 0.565. The lowest BCUT2D eigenvalue weighted by Crippen LogP contribution is -2.09. The van der Waals surface area contributed by atoms with Gasteiger partial charge in [0.1, 0.15) is 10.8 Å². The number of aromatic nitrogens is 4. The third-order valence-corrected chi connectivity index (χ3v) is 10.3. The zero-order valence-corrected chi connectivity index (χ0v) is 28.2. The van der Waals surface area contributed by atoms with Gasteiger partial charge in [-0.15, -0.1) is 11.3 Å². The maximum atomic E-state index is 6.36. The molecule has 238 valence electrons. The molecule has 0 saturated carbocycles. The zero-order chi connectivity index (χ0) is 32.4. The molecule has 48 heavy (non-hydrogen) atoms. The van der Waals surface area contributed by atoms with Gasteiger partial charge in [-0.25, -0.2) is 9.97 Å². The molecule has 7 heteroatoms. The fourth-order valence-electron chi connectivity index (χ4n) is 6.11. The molecule has 0 aliphatic rings. The Kier molecular flexibility index (Phi) is 10.5. The Balaban J connectivity index is 1.44. The molecule has 4 aromatic carbocycles. The van der Waals surface area contributed by atoms with Crippen molar-refractivity contribution < 1.29 is 4.74 Å². The molecule has 5 nitrogen and oxygen atoms in total. The van der Waals surface area contributed by atoms with Crippen molar-refractivity contribution in [3.8, 4) is 33.2 Å². The molecule has 0 aliphatic heterocycles. The van der Waals surface area contributed by atoms with Crippen LogP contribution in [0, 0.1) is 0 Å². The van der Waals surface area contributed by atoms with Crippen LogP contribution in [0.1, 0.15) is 28.7 Å². The molecule has 0 unspecified atom stereocenters. The number of benzene rings is 4. The molecule has 0 bridgehead atoms. The standard InChI is InChI=1S/C41H36N4OS2/c1-4-13-30(14-5-1)17-12-20-33-36(35-21-10-11-23-42-35)38(40-43-24-25-44-40)37(41-45-26-28-47-41)34(39(33)48-32-18-8-3-9-19-32)22-27-46-29-31-15-6-2-7-16-31/h1-11,13-16,18-19,21,23-26,28H,12,17,20,22,27,29H2,(H,43,44). The lowest BCUT2D eigenvalue weighted by molar-refractivity contribution is 0.123. The Hall–Kier alpha value is -4.82. The first-order valence-corrected chi connectivity index (χ1v) is 18.0. The number of aromatic amines is 1. The Morgan fingerprint density at radius 2 is 1.35 bits per heavy atom. The molecule has 0 fully saturated rings. The quantitative estimate of drug-likeness (QED) is 0.117. The SMILES string of the molecule is c1ccc(CCCc2c(Sc3ccccc3)c(CCOCc3ccccc3)c(-c3nccs3)c(-c3ncc[nH]3)c2-c2ccccn2)cc1. The lowest BCUT2D eigenvalue weighted by Gasteiger charge is -2.25. The first kappa shape index (κ1) is 31.8. The van der Waals surface area contributed by atoms with Crippen LogP contribution in [0.4, 0.5) is 0 Å². The van der Waals surface area contributed by atoms with E-state index in [1.807, 2.05) is 48.7 Å².